The van der Waals surface area contributed by atoms with E-state index in [4.69, 9.17) is 0 Å². The highest BCUT2D eigenvalue weighted by Gasteiger charge is 2.07. The Morgan fingerprint density at radius 3 is 2.60 bits per heavy atom. The van der Waals surface area contributed by atoms with Crippen LogP contribution < -0.4 is 4.68 Å². The van der Waals surface area contributed by atoms with Gasteiger partial charge >= 0.3 is 0 Å². The maximum Gasteiger partial charge on any atom is 0.171 e. The Morgan fingerprint density at radius 2 is 2.20 bits per heavy atom. The van der Waals surface area contributed by atoms with Crippen molar-refractivity contribution < 1.29 is 4.68 Å². The summed E-state index contributed by atoms with van der Waals surface area (Å²) in [6.07, 6.45) is 1.72. The van der Waals surface area contributed by atoms with Gasteiger partial charge < -0.3 is 0 Å². The summed E-state index contributed by atoms with van der Waals surface area (Å²) in [5.74, 6) is 0.514. The zero-order chi connectivity index (χ0) is 7.56. The van der Waals surface area contributed by atoms with E-state index in [0.717, 1.165) is 0 Å². The van der Waals surface area contributed by atoms with Crippen LogP contribution in [0.4, 0.5) is 0 Å². The van der Waals surface area contributed by atoms with Crippen molar-refractivity contribution in [2.24, 2.45) is 7.05 Å². The van der Waals surface area contributed by atoms with E-state index in [2.05, 4.69) is 24.2 Å². The topological polar surface area (TPSA) is 29.7 Å². The van der Waals surface area contributed by atoms with E-state index >= 15 is 0 Å². The van der Waals surface area contributed by atoms with Crippen molar-refractivity contribution in [2.45, 2.75) is 19.8 Å². The molecule has 1 heterocycles. The predicted molar refractivity (Wildman–Crippen MR) is 37.3 cm³/mol. The lowest BCUT2D eigenvalue weighted by molar-refractivity contribution is -0.744. The molecule has 0 saturated carbocycles. The van der Waals surface area contributed by atoms with Gasteiger partial charge in [0, 0.05) is 12.0 Å². The Labute approximate surface area is 60.7 Å². The molecule has 0 N–H and O–H groups in total. The molecule has 0 aliphatic rings. The van der Waals surface area contributed by atoms with E-state index in [0.29, 0.717) is 5.92 Å². The molecular weight excluding hydrogens is 126 g/mol. The van der Waals surface area contributed by atoms with Crippen molar-refractivity contribution in [3.63, 3.8) is 0 Å². The standard InChI is InChI=1S/C7H12N3/c1-6(2)7-4-5-8-9-10(7)3/h4-6H,1-3H3/q+1. The summed E-state index contributed by atoms with van der Waals surface area (Å²) in [7, 11) is 1.91. The van der Waals surface area contributed by atoms with Crippen LogP contribution in [0.2, 0.25) is 0 Å². The fourth-order valence-corrected chi connectivity index (χ4v) is 0.943. The third-order valence-corrected chi connectivity index (χ3v) is 1.46. The molecule has 0 aromatic carbocycles. The Morgan fingerprint density at radius 1 is 1.50 bits per heavy atom. The number of aromatic nitrogens is 3. The largest absolute Gasteiger partial charge is 0.171 e. The minimum atomic E-state index is 0.514. The van der Waals surface area contributed by atoms with E-state index in [9.17, 15) is 0 Å². The number of rotatable bonds is 1. The second kappa shape index (κ2) is 2.73. The molecule has 0 aliphatic heterocycles. The van der Waals surface area contributed by atoms with Gasteiger partial charge in [0.05, 0.1) is 5.10 Å². The smallest absolute Gasteiger partial charge is 0.137 e. The van der Waals surface area contributed by atoms with Gasteiger partial charge in [0.1, 0.15) is 18.0 Å². The van der Waals surface area contributed by atoms with Crippen molar-refractivity contribution in [3.8, 4) is 0 Å². The molecular formula is C7H12N3+. The molecule has 0 unspecified atom stereocenters. The molecule has 3 heteroatoms. The summed E-state index contributed by atoms with van der Waals surface area (Å²) >= 11 is 0. The van der Waals surface area contributed by atoms with E-state index in [-0.39, 0.29) is 0 Å². The van der Waals surface area contributed by atoms with Crippen LogP contribution in [-0.2, 0) is 7.05 Å². The van der Waals surface area contributed by atoms with Gasteiger partial charge in [0.15, 0.2) is 6.20 Å². The number of hydrogen-bond donors (Lipinski definition) is 0. The molecule has 0 radical (unpaired) electrons. The fraction of sp³-hybridized carbons (Fsp3) is 0.571. The van der Waals surface area contributed by atoms with Gasteiger partial charge in [-0.1, -0.05) is 13.8 Å². The van der Waals surface area contributed by atoms with E-state index in [1.165, 1.54) is 5.69 Å². The highest BCUT2D eigenvalue weighted by Crippen LogP contribution is 2.05. The highest BCUT2D eigenvalue weighted by molar-refractivity contribution is 4.95. The van der Waals surface area contributed by atoms with Crippen molar-refractivity contribution in [1.82, 2.24) is 10.3 Å². The van der Waals surface area contributed by atoms with Crippen LogP contribution in [0.15, 0.2) is 12.3 Å². The quantitative estimate of drug-likeness (QED) is 0.526. The van der Waals surface area contributed by atoms with Crippen LogP contribution in [0.3, 0.4) is 0 Å². The molecule has 1 rings (SSSR count). The highest BCUT2D eigenvalue weighted by atomic mass is 15.4. The van der Waals surface area contributed by atoms with Crippen LogP contribution in [0.1, 0.15) is 25.5 Å². The van der Waals surface area contributed by atoms with E-state index in [1.807, 2.05) is 13.1 Å². The summed E-state index contributed by atoms with van der Waals surface area (Å²) in [4.78, 5) is 0. The normalized spacial score (nSPS) is 10.4. The minimum Gasteiger partial charge on any atom is -0.137 e. The summed E-state index contributed by atoms with van der Waals surface area (Å²) in [5, 5.41) is 7.61. The first-order valence-electron chi connectivity index (χ1n) is 3.39. The van der Waals surface area contributed by atoms with Crippen molar-refractivity contribution >= 4 is 0 Å². The predicted octanol–water partition coefficient (Wildman–Crippen LogP) is 0.424. The Balaban J connectivity index is 3.03. The molecule has 54 valence electrons. The summed E-state index contributed by atoms with van der Waals surface area (Å²) in [5.41, 5.74) is 1.20. The number of hydrogen-bond acceptors (Lipinski definition) is 2. The molecule has 0 aliphatic carbocycles. The Bertz CT molecular complexity index is 220. The lowest BCUT2D eigenvalue weighted by Gasteiger charge is -2.00. The van der Waals surface area contributed by atoms with Crippen molar-refractivity contribution in [3.05, 3.63) is 18.0 Å². The molecule has 1 aromatic heterocycles. The summed E-state index contributed by atoms with van der Waals surface area (Å²) < 4.78 is 1.80. The number of aryl methyl sites for hydroxylation is 1. The second-order valence-electron chi connectivity index (χ2n) is 2.62. The van der Waals surface area contributed by atoms with Crippen LogP contribution in [0, 0.1) is 0 Å². The third-order valence-electron chi connectivity index (χ3n) is 1.46. The first kappa shape index (κ1) is 7.12. The molecule has 0 bridgehead atoms. The molecule has 0 spiro atoms. The fourth-order valence-electron chi connectivity index (χ4n) is 0.943. The molecule has 3 nitrogen and oxygen atoms in total. The van der Waals surface area contributed by atoms with Crippen LogP contribution in [-0.4, -0.2) is 10.3 Å². The summed E-state index contributed by atoms with van der Waals surface area (Å²) in [6, 6.07) is 1.98. The van der Waals surface area contributed by atoms with Gasteiger partial charge in [0.25, 0.3) is 0 Å². The zero-order valence-corrected chi connectivity index (χ0v) is 6.57. The summed E-state index contributed by atoms with van der Waals surface area (Å²) in [6.45, 7) is 4.27. The molecule has 0 atom stereocenters. The average molecular weight is 138 g/mol. The maximum absolute atomic E-state index is 3.87. The van der Waals surface area contributed by atoms with Gasteiger partial charge in [-0.05, 0) is 0 Å². The Hall–Kier alpha value is -0.990. The first-order chi connectivity index (χ1) is 4.72. The van der Waals surface area contributed by atoms with Gasteiger partial charge in [-0.15, -0.1) is 4.68 Å². The lowest BCUT2D eigenvalue weighted by atomic mass is 10.1. The molecule has 0 amide bonds. The second-order valence-corrected chi connectivity index (χ2v) is 2.62. The minimum absolute atomic E-state index is 0.514. The average Bonchev–Trinajstić information content (AvgIpc) is 1.88. The van der Waals surface area contributed by atoms with Crippen molar-refractivity contribution in [2.75, 3.05) is 0 Å². The van der Waals surface area contributed by atoms with Gasteiger partial charge in [-0.3, -0.25) is 0 Å². The third kappa shape index (κ3) is 1.29. The monoisotopic (exact) mass is 138 g/mol. The lowest BCUT2D eigenvalue weighted by Crippen LogP contribution is -2.39. The van der Waals surface area contributed by atoms with Crippen molar-refractivity contribution in [1.29, 1.82) is 0 Å². The van der Waals surface area contributed by atoms with E-state index in [1.54, 1.807) is 10.9 Å². The molecule has 1 aromatic rings. The zero-order valence-electron chi connectivity index (χ0n) is 6.57. The van der Waals surface area contributed by atoms with Crippen LogP contribution in [0.25, 0.3) is 0 Å². The van der Waals surface area contributed by atoms with E-state index < -0.39 is 0 Å². The SMILES string of the molecule is CC(C)c1ccnn[n+]1C. The molecule has 10 heavy (non-hydrogen) atoms. The first-order valence-corrected chi connectivity index (χ1v) is 3.39. The van der Waals surface area contributed by atoms with Crippen LogP contribution in [0.5, 0.6) is 0 Å². The van der Waals surface area contributed by atoms with Gasteiger partial charge in [0.2, 0.25) is 0 Å². The maximum atomic E-state index is 3.87. The Kier molecular flexibility index (Phi) is 1.94. The van der Waals surface area contributed by atoms with Crippen LogP contribution >= 0.6 is 0 Å². The number of nitrogens with zero attached hydrogens (tertiary/aromatic N) is 3. The molecule has 0 saturated heterocycles. The molecule has 0 fully saturated rings. The van der Waals surface area contributed by atoms with Gasteiger partial charge in [-0.25, -0.2) is 0 Å². The van der Waals surface area contributed by atoms with Gasteiger partial charge in [-0.2, -0.15) is 0 Å².